The van der Waals surface area contributed by atoms with E-state index in [1.54, 1.807) is 30.0 Å². The Kier molecular flexibility index (Phi) is 5.82. The number of carbonyl (C=O) groups excluding carboxylic acids is 1. The van der Waals surface area contributed by atoms with Crippen molar-refractivity contribution in [1.29, 1.82) is 0 Å². The molecule has 4 atom stereocenters. The van der Waals surface area contributed by atoms with Crippen molar-refractivity contribution in [2.24, 2.45) is 27.5 Å². The molecule has 186 valence electrons. The van der Waals surface area contributed by atoms with Crippen LogP contribution in [0, 0.1) is 17.3 Å². The number of rotatable bonds is 7. The molecule has 2 heterocycles. The second kappa shape index (κ2) is 7.93. The fourth-order valence-corrected chi connectivity index (χ4v) is 5.62. The molecular weight excluding hydrogens is 463 g/mol. The van der Waals surface area contributed by atoms with Crippen LogP contribution in [0.2, 0.25) is 0 Å². The number of halogens is 3. The van der Waals surface area contributed by atoms with Crippen LogP contribution >= 0.6 is 0 Å². The number of amides is 1. The van der Waals surface area contributed by atoms with Gasteiger partial charge in [0.05, 0.1) is 5.71 Å². The van der Waals surface area contributed by atoms with Crippen LogP contribution in [-0.2, 0) is 15.9 Å². The highest BCUT2D eigenvalue weighted by molar-refractivity contribution is 7.99. The number of nitrogens with zero attached hydrogens (tertiary/aromatic N) is 3. The van der Waals surface area contributed by atoms with Gasteiger partial charge < -0.3 is 4.90 Å². The lowest BCUT2D eigenvalue weighted by atomic mass is 9.87. The van der Waals surface area contributed by atoms with E-state index in [-0.39, 0.29) is 29.9 Å². The smallest absolute Gasteiger partial charge is 0.285 e. The van der Waals surface area contributed by atoms with Gasteiger partial charge in [-0.25, -0.2) is 13.2 Å². The van der Waals surface area contributed by atoms with Gasteiger partial charge in [0.1, 0.15) is 11.4 Å². The Bertz CT molecular complexity index is 1190. The van der Waals surface area contributed by atoms with Crippen molar-refractivity contribution in [3.05, 3.63) is 29.3 Å². The minimum Gasteiger partial charge on any atom is -0.337 e. The van der Waals surface area contributed by atoms with Crippen LogP contribution in [0.15, 0.2) is 33.3 Å². The number of benzene rings is 1. The zero-order chi connectivity index (χ0) is 25.3. The quantitative estimate of drug-likeness (QED) is 0.518. The van der Waals surface area contributed by atoms with Gasteiger partial charge in [0, 0.05) is 48.6 Å². The van der Waals surface area contributed by atoms with Gasteiger partial charge in [-0.2, -0.15) is 10.2 Å². The fourth-order valence-electron chi connectivity index (χ4n) is 4.90. The normalized spacial score (nSPS) is 27.1. The fraction of sp³-hybridized carbons (Fsp3) is 0.600. The zero-order valence-corrected chi connectivity index (χ0v) is 21.1. The molecule has 0 spiro atoms. The van der Waals surface area contributed by atoms with Crippen molar-refractivity contribution in [3.8, 4) is 0 Å². The van der Waals surface area contributed by atoms with Gasteiger partial charge in [0.25, 0.3) is 11.8 Å². The Morgan fingerprint density at radius 2 is 1.97 bits per heavy atom. The topological polar surface area (TPSA) is 62.1 Å². The van der Waals surface area contributed by atoms with Crippen molar-refractivity contribution in [3.63, 3.8) is 0 Å². The first-order valence-corrected chi connectivity index (χ1v) is 13.6. The monoisotopic (exact) mass is 495 g/mol. The molecule has 4 unspecified atom stereocenters. The lowest BCUT2D eigenvalue weighted by molar-refractivity contribution is 0.0767. The van der Waals surface area contributed by atoms with E-state index >= 15 is 0 Å². The molecule has 0 radical (unpaired) electrons. The molecule has 1 aliphatic carbocycles. The molecule has 0 aromatic heterocycles. The van der Waals surface area contributed by atoms with E-state index in [2.05, 4.69) is 16.1 Å². The van der Waals surface area contributed by atoms with E-state index in [4.69, 9.17) is 0 Å². The highest BCUT2D eigenvalue weighted by Gasteiger charge is 2.64. The average Bonchev–Trinajstić information content (AvgIpc) is 3.07. The van der Waals surface area contributed by atoms with Gasteiger partial charge >= 0.3 is 0 Å². The maximum Gasteiger partial charge on any atom is 0.285 e. The number of carbonyl (C=O) groups is 1. The predicted octanol–water partition coefficient (Wildman–Crippen LogP) is 4.64. The van der Waals surface area contributed by atoms with Gasteiger partial charge in [-0.1, -0.05) is 13.0 Å². The molecule has 9 heteroatoms. The summed E-state index contributed by atoms with van der Waals surface area (Å²) in [4.78, 5) is 15.8. The second-order valence-electron chi connectivity index (χ2n) is 10.9. The van der Waals surface area contributed by atoms with Crippen molar-refractivity contribution in [2.45, 2.75) is 63.4 Å². The Balaban J connectivity index is 1.58. The third kappa shape index (κ3) is 4.55. The lowest BCUT2D eigenvalue weighted by Gasteiger charge is -2.26. The van der Waals surface area contributed by atoms with E-state index in [0.717, 1.165) is 13.3 Å². The molecular formula is C25H32F3N3O2S. The van der Waals surface area contributed by atoms with Crippen molar-refractivity contribution < 1.29 is 22.2 Å². The summed E-state index contributed by atoms with van der Waals surface area (Å²) >= 11 is 0. The zero-order valence-electron chi connectivity index (χ0n) is 20.3. The SMILES string of the molecule is C=S(C)(=O)c1ccc(CC(C)C(C)(C)F)c(C(=O)N2CC3CC3(C3=NN=C(C(C)(F)F)C3)C2)c1. The van der Waals surface area contributed by atoms with Gasteiger partial charge in [0.15, 0.2) is 0 Å². The highest BCUT2D eigenvalue weighted by atomic mass is 32.2. The van der Waals surface area contributed by atoms with E-state index in [1.807, 2.05) is 0 Å². The van der Waals surface area contributed by atoms with Crippen molar-refractivity contribution in [2.75, 3.05) is 19.3 Å². The van der Waals surface area contributed by atoms with Crippen LogP contribution in [-0.4, -0.2) is 63.2 Å². The maximum absolute atomic E-state index is 14.5. The van der Waals surface area contributed by atoms with Crippen LogP contribution in [0.5, 0.6) is 0 Å². The molecule has 2 aliphatic heterocycles. The molecule has 5 nitrogen and oxygen atoms in total. The van der Waals surface area contributed by atoms with Gasteiger partial charge in [-0.3, -0.25) is 9.00 Å². The average molecular weight is 496 g/mol. The Labute approximate surface area is 199 Å². The third-order valence-corrected chi connectivity index (χ3v) is 8.90. The molecule has 2 fully saturated rings. The van der Waals surface area contributed by atoms with Crippen LogP contribution in [0.3, 0.4) is 0 Å². The molecule has 1 aromatic carbocycles. The van der Waals surface area contributed by atoms with E-state index in [1.165, 1.54) is 20.1 Å². The Hall–Kier alpha value is -2.16. The number of hydrogen-bond donors (Lipinski definition) is 0. The summed E-state index contributed by atoms with van der Waals surface area (Å²) in [5, 5.41) is 7.79. The molecule has 34 heavy (non-hydrogen) atoms. The Morgan fingerprint density at radius 3 is 2.53 bits per heavy atom. The van der Waals surface area contributed by atoms with E-state index in [9.17, 15) is 22.2 Å². The van der Waals surface area contributed by atoms with Crippen LogP contribution in [0.4, 0.5) is 13.2 Å². The number of alkyl halides is 3. The number of likely N-dealkylation sites (tertiary alicyclic amines) is 1. The molecule has 3 aliphatic rings. The standard InChI is InChI=1S/C25H32F3N3O2S/c1-15(23(2,3)26)9-16-7-8-18(34(5,6)33)10-19(16)22(32)31-13-17-12-25(17,14-31)21-11-20(29-30-21)24(4,27)28/h7-8,10,15,17H,5,9,11-14H2,1-4,6H3. The molecule has 1 saturated heterocycles. The summed E-state index contributed by atoms with van der Waals surface area (Å²) in [6, 6.07) is 5.06. The lowest BCUT2D eigenvalue weighted by Crippen LogP contribution is -2.35. The summed E-state index contributed by atoms with van der Waals surface area (Å²) < 4.78 is 54.5. The first-order chi connectivity index (χ1) is 15.5. The van der Waals surface area contributed by atoms with Crippen LogP contribution in [0.25, 0.3) is 0 Å². The first-order valence-electron chi connectivity index (χ1n) is 11.5. The largest absolute Gasteiger partial charge is 0.337 e. The summed E-state index contributed by atoms with van der Waals surface area (Å²) in [7, 11) is -2.55. The van der Waals surface area contributed by atoms with E-state index < -0.39 is 26.5 Å². The molecule has 0 N–H and O–H groups in total. The molecule has 4 rings (SSSR count). The molecule has 0 bridgehead atoms. The van der Waals surface area contributed by atoms with E-state index in [0.29, 0.717) is 41.2 Å². The van der Waals surface area contributed by atoms with Crippen LogP contribution in [0.1, 0.15) is 56.5 Å². The third-order valence-electron chi connectivity index (χ3n) is 7.65. The minimum atomic E-state index is -3.02. The molecule has 1 amide bonds. The van der Waals surface area contributed by atoms with Gasteiger partial charge in [-0.15, -0.1) is 0 Å². The Morgan fingerprint density at radius 1 is 1.29 bits per heavy atom. The highest BCUT2D eigenvalue weighted by Crippen LogP contribution is 2.60. The summed E-state index contributed by atoms with van der Waals surface area (Å²) in [5.41, 5.74) is -0.349. The number of fused-ring (bicyclic) bond motifs is 1. The van der Waals surface area contributed by atoms with Gasteiger partial charge in [-0.05, 0) is 71.6 Å². The predicted molar refractivity (Wildman–Crippen MR) is 131 cm³/mol. The second-order valence-corrected chi connectivity index (χ2v) is 13.4. The maximum atomic E-state index is 14.5. The number of piperidine rings is 1. The molecule has 1 aromatic rings. The summed E-state index contributed by atoms with van der Waals surface area (Å²) in [6.45, 7) is 6.52. The van der Waals surface area contributed by atoms with Gasteiger partial charge in [0.2, 0.25) is 0 Å². The summed E-state index contributed by atoms with van der Waals surface area (Å²) in [5.74, 6) is 0.311. The molecule has 1 saturated carbocycles. The first kappa shape index (κ1) is 24.9. The van der Waals surface area contributed by atoms with Crippen molar-refractivity contribution in [1.82, 2.24) is 4.90 Å². The minimum absolute atomic E-state index is 0.0330. The summed E-state index contributed by atoms with van der Waals surface area (Å²) in [6.07, 6.45) is 2.70. The number of hydrogen-bond acceptors (Lipinski definition) is 4. The van der Waals surface area contributed by atoms with Crippen LogP contribution < -0.4 is 0 Å². The van der Waals surface area contributed by atoms with Crippen molar-refractivity contribution >= 4 is 32.7 Å².